The maximum absolute atomic E-state index is 10.6. The quantitative estimate of drug-likeness (QED) is 0.553. The Morgan fingerprint density at radius 2 is 2.62 bits per heavy atom. The summed E-state index contributed by atoms with van der Waals surface area (Å²) in [6, 6.07) is 1.58. The lowest BCUT2D eigenvalue weighted by atomic mass is 10.7. The standard InChI is InChI=1S/C5H7NOS/c1-2-6-5(7)3-4-8-6/h3-4H,2H2,1H3. The lowest BCUT2D eigenvalue weighted by Gasteiger charge is -1.86. The Morgan fingerprint density at radius 1 is 1.88 bits per heavy atom. The molecule has 0 bridgehead atoms. The van der Waals surface area contributed by atoms with Gasteiger partial charge in [0, 0.05) is 18.0 Å². The molecule has 0 amide bonds. The van der Waals surface area contributed by atoms with Crippen LogP contribution < -0.4 is 5.56 Å². The summed E-state index contributed by atoms with van der Waals surface area (Å²) < 4.78 is 1.69. The Balaban J connectivity index is 3.11. The van der Waals surface area contributed by atoms with Gasteiger partial charge in [0.25, 0.3) is 5.56 Å². The van der Waals surface area contributed by atoms with E-state index in [1.807, 2.05) is 6.92 Å². The minimum Gasteiger partial charge on any atom is -0.268 e. The van der Waals surface area contributed by atoms with E-state index >= 15 is 0 Å². The maximum Gasteiger partial charge on any atom is 0.260 e. The van der Waals surface area contributed by atoms with E-state index in [9.17, 15) is 4.79 Å². The normalized spacial score (nSPS) is 9.62. The Morgan fingerprint density at radius 3 is 2.88 bits per heavy atom. The molecule has 2 nitrogen and oxygen atoms in total. The highest BCUT2D eigenvalue weighted by molar-refractivity contribution is 7.04. The average Bonchev–Trinajstić information content (AvgIpc) is 2.14. The summed E-state index contributed by atoms with van der Waals surface area (Å²) in [6.07, 6.45) is 0. The fraction of sp³-hybridized carbons (Fsp3) is 0.400. The lowest BCUT2D eigenvalue weighted by Crippen LogP contribution is -2.09. The third-order valence-corrected chi connectivity index (χ3v) is 1.88. The average molecular weight is 129 g/mol. The first-order chi connectivity index (χ1) is 3.84. The molecular weight excluding hydrogens is 122 g/mol. The van der Waals surface area contributed by atoms with Crippen molar-refractivity contribution in [2.45, 2.75) is 13.5 Å². The van der Waals surface area contributed by atoms with Crippen molar-refractivity contribution in [3.05, 3.63) is 21.8 Å². The first kappa shape index (κ1) is 5.56. The molecule has 1 rings (SSSR count). The first-order valence-electron chi connectivity index (χ1n) is 2.49. The van der Waals surface area contributed by atoms with Gasteiger partial charge in [0.1, 0.15) is 0 Å². The number of aromatic nitrogens is 1. The topological polar surface area (TPSA) is 22.0 Å². The zero-order chi connectivity index (χ0) is 5.98. The van der Waals surface area contributed by atoms with Crippen LogP contribution in [0.5, 0.6) is 0 Å². The van der Waals surface area contributed by atoms with Crippen LogP contribution in [-0.2, 0) is 6.54 Å². The summed E-state index contributed by atoms with van der Waals surface area (Å²) in [5.74, 6) is 0. The van der Waals surface area contributed by atoms with Gasteiger partial charge in [0.15, 0.2) is 0 Å². The predicted molar refractivity (Wildman–Crippen MR) is 34.3 cm³/mol. The van der Waals surface area contributed by atoms with Crippen LogP contribution >= 0.6 is 11.5 Å². The SMILES string of the molecule is CCn1sccc1=O. The van der Waals surface area contributed by atoms with Crippen molar-refractivity contribution >= 4 is 11.5 Å². The Kier molecular flexibility index (Phi) is 1.48. The van der Waals surface area contributed by atoms with Gasteiger partial charge in [-0.25, -0.2) is 0 Å². The van der Waals surface area contributed by atoms with E-state index < -0.39 is 0 Å². The molecule has 1 aromatic rings. The molecule has 0 N–H and O–H groups in total. The van der Waals surface area contributed by atoms with Crippen molar-refractivity contribution < 1.29 is 0 Å². The van der Waals surface area contributed by atoms with Crippen LogP contribution in [-0.4, -0.2) is 3.96 Å². The van der Waals surface area contributed by atoms with Gasteiger partial charge in [0.05, 0.1) is 0 Å². The summed E-state index contributed by atoms with van der Waals surface area (Å²) in [5, 5.41) is 1.80. The van der Waals surface area contributed by atoms with Crippen LogP contribution in [0.1, 0.15) is 6.92 Å². The number of rotatable bonds is 1. The third-order valence-electron chi connectivity index (χ3n) is 0.932. The highest BCUT2D eigenvalue weighted by Crippen LogP contribution is 1.89. The largest absolute Gasteiger partial charge is 0.268 e. The monoisotopic (exact) mass is 129 g/mol. The predicted octanol–water partition coefficient (Wildman–Crippen LogP) is 0.930. The summed E-state index contributed by atoms with van der Waals surface area (Å²) in [6.45, 7) is 2.74. The van der Waals surface area contributed by atoms with Crippen molar-refractivity contribution in [1.82, 2.24) is 3.96 Å². The van der Waals surface area contributed by atoms with Crippen molar-refractivity contribution in [2.75, 3.05) is 0 Å². The summed E-state index contributed by atoms with van der Waals surface area (Å²) >= 11 is 1.45. The van der Waals surface area contributed by atoms with Gasteiger partial charge >= 0.3 is 0 Å². The molecule has 8 heavy (non-hydrogen) atoms. The highest BCUT2D eigenvalue weighted by atomic mass is 32.1. The number of hydrogen-bond acceptors (Lipinski definition) is 2. The van der Waals surface area contributed by atoms with E-state index in [0.717, 1.165) is 6.54 Å². The summed E-state index contributed by atoms with van der Waals surface area (Å²) in [4.78, 5) is 10.6. The minimum absolute atomic E-state index is 0.109. The molecule has 1 heterocycles. The van der Waals surface area contributed by atoms with E-state index in [1.54, 1.807) is 15.4 Å². The lowest BCUT2D eigenvalue weighted by molar-refractivity contribution is 0.810. The Labute approximate surface area is 51.5 Å². The van der Waals surface area contributed by atoms with Gasteiger partial charge < -0.3 is 0 Å². The third kappa shape index (κ3) is 0.816. The molecule has 44 valence electrons. The van der Waals surface area contributed by atoms with Crippen LogP contribution in [0.4, 0.5) is 0 Å². The summed E-state index contributed by atoms with van der Waals surface area (Å²) in [7, 11) is 0. The number of aryl methyl sites for hydroxylation is 1. The van der Waals surface area contributed by atoms with Crippen molar-refractivity contribution in [3.8, 4) is 0 Å². The van der Waals surface area contributed by atoms with Crippen molar-refractivity contribution in [3.63, 3.8) is 0 Å². The molecule has 0 atom stereocenters. The molecule has 0 unspecified atom stereocenters. The Bertz CT molecular complexity index is 212. The number of hydrogen-bond donors (Lipinski definition) is 0. The van der Waals surface area contributed by atoms with Crippen LogP contribution in [0.3, 0.4) is 0 Å². The van der Waals surface area contributed by atoms with Gasteiger partial charge in [-0.3, -0.25) is 8.75 Å². The smallest absolute Gasteiger partial charge is 0.260 e. The molecule has 0 fully saturated rings. The molecule has 0 radical (unpaired) electrons. The Hall–Kier alpha value is -0.570. The second kappa shape index (κ2) is 2.13. The van der Waals surface area contributed by atoms with Crippen LogP contribution in [0.25, 0.3) is 0 Å². The van der Waals surface area contributed by atoms with E-state index in [-0.39, 0.29) is 5.56 Å². The zero-order valence-electron chi connectivity index (χ0n) is 4.63. The van der Waals surface area contributed by atoms with Gasteiger partial charge in [-0.15, -0.1) is 0 Å². The van der Waals surface area contributed by atoms with E-state index in [1.165, 1.54) is 11.5 Å². The maximum atomic E-state index is 10.6. The molecule has 0 saturated heterocycles. The zero-order valence-corrected chi connectivity index (χ0v) is 5.44. The molecule has 0 aromatic carbocycles. The highest BCUT2D eigenvalue weighted by Gasteiger charge is 1.88. The molecule has 1 aromatic heterocycles. The minimum atomic E-state index is 0.109. The van der Waals surface area contributed by atoms with Crippen LogP contribution in [0.2, 0.25) is 0 Å². The van der Waals surface area contributed by atoms with E-state index in [4.69, 9.17) is 0 Å². The van der Waals surface area contributed by atoms with Gasteiger partial charge in [-0.2, -0.15) is 0 Å². The van der Waals surface area contributed by atoms with Gasteiger partial charge in [-0.1, -0.05) is 11.5 Å². The molecule has 0 aliphatic heterocycles. The van der Waals surface area contributed by atoms with Gasteiger partial charge in [0.2, 0.25) is 0 Å². The molecular formula is C5H7NOS. The van der Waals surface area contributed by atoms with E-state index in [0.29, 0.717) is 0 Å². The van der Waals surface area contributed by atoms with Crippen molar-refractivity contribution in [2.24, 2.45) is 0 Å². The van der Waals surface area contributed by atoms with E-state index in [2.05, 4.69) is 0 Å². The fourth-order valence-electron chi connectivity index (χ4n) is 0.528. The first-order valence-corrected chi connectivity index (χ1v) is 3.33. The molecule has 0 aliphatic rings. The van der Waals surface area contributed by atoms with Crippen LogP contribution in [0, 0.1) is 0 Å². The number of nitrogens with zero attached hydrogens (tertiary/aromatic N) is 1. The molecule has 0 spiro atoms. The van der Waals surface area contributed by atoms with Gasteiger partial charge in [-0.05, 0) is 6.92 Å². The second-order valence-corrected chi connectivity index (χ2v) is 2.36. The second-order valence-electron chi connectivity index (χ2n) is 1.44. The summed E-state index contributed by atoms with van der Waals surface area (Å²) in [5.41, 5.74) is 0.109. The molecule has 3 heteroatoms. The van der Waals surface area contributed by atoms with Crippen molar-refractivity contribution in [1.29, 1.82) is 0 Å². The fourth-order valence-corrected chi connectivity index (χ4v) is 1.17. The van der Waals surface area contributed by atoms with Crippen LogP contribution in [0.15, 0.2) is 16.2 Å². The molecule has 0 saturated carbocycles. The molecule has 0 aliphatic carbocycles.